The lowest BCUT2D eigenvalue weighted by atomic mass is 10.2. The minimum atomic E-state index is 1.20. The van der Waals surface area contributed by atoms with E-state index >= 15 is 0 Å². The van der Waals surface area contributed by atoms with E-state index in [-0.39, 0.29) is 0 Å². The molecule has 0 aromatic heterocycles. The maximum Gasteiger partial charge on any atom is 0.0229 e. The Morgan fingerprint density at radius 1 is 1.08 bits per heavy atom. The SMILES string of the molecule is C1=CSSC1.CCCCCCC. The van der Waals surface area contributed by atoms with Crippen LogP contribution in [0.4, 0.5) is 0 Å². The van der Waals surface area contributed by atoms with Crippen molar-refractivity contribution in [1.82, 2.24) is 0 Å². The molecule has 0 aliphatic carbocycles. The Balaban J connectivity index is 0.000000211. The Kier molecular flexibility index (Phi) is 11.9. The summed E-state index contributed by atoms with van der Waals surface area (Å²) in [6, 6.07) is 0. The first-order chi connectivity index (χ1) is 5.91. The van der Waals surface area contributed by atoms with Gasteiger partial charge in [-0.2, -0.15) is 0 Å². The van der Waals surface area contributed by atoms with Crippen molar-refractivity contribution in [3.8, 4) is 0 Å². The van der Waals surface area contributed by atoms with Gasteiger partial charge in [0.1, 0.15) is 0 Å². The number of rotatable bonds is 4. The van der Waals surface area contributed by atoms with E-state index in [2.05, 4.69) is 25.3 Å². The molecule has 0 aromatic rings. The van der Waals surface area contributed by atoms with E-state index < -0.39 is 0 Å². The fraction of sp³-hybridized carbons (Fsp3) is 0.800. The topological polar surface area (TPSA) is 0 Å². The van der Waals surface area contributed by atoms with Gasteiger partial charge in [-0.15, -0.1) is 0 Å². The molecule has 0 fully saturated rings. The van der Waals surface area contributed by atoms with Crippen LogP contribution in [0.1, 0.15) is 46.0 Å². The van der Waals surface area contributed by atoms with Gasteiger partial charge < -0.3 is 0 Å². The number of unbranched alkanes of at least 4 members (excludes halogenated alkanes) is 4. The van der Waals surface area contributed by atoms with E-state index in [0.29, 0.717) is 0 Å². The van der Waals surface area contributed by atoms with Crippen molar-refractivity contribution in [2.24, 2.45) is 0 Å². The van der Waals surface area contributed by atoms with Crippen molar-refractivity contribution in [3.05, 3.63) is 11.5 Å². The molecule has 0 saturated carbocycles. The summed E-state index contributed by atoms with van der Waals surface area (Å²) in [5.41, 5.74) is 0. The third kappa shape index (κ3) is 10.4. The van der Waals surface area contributed by atoms with Crippen LogP contribution >= 0.6 is 21.6 Å². The van der Waals surface area contributed by atoms with Gasteiger partial charge in [0.25, 0.3) is 0 Å². The van der Waals surface area contributed by atoms with Crippen LogP contribution < -0.4 is 0 Å². The van der Waals surface area contributed by atoms with Crippen molar-refractivity contribution in [3.63, 3.8) is 0 Å². The normalized spacial score (nSPS) is 14.2. The van der Waals surface area contributed by atoms with Crippen molar-refractivity contribution in [2.75, 3.05) is 5.75 Å². The molecule has 1 heterocycles. The predicted molar refractivity (Wildman–Crippen MR) is 63.6 cm³/mol. The van der Waals surface area contributed by atoms with Crippen LogP contribution in [0.3, 0.4) is 0 Å². The van der Waals surface area contributed by atoms with Gasteiger partial charge in [-0.3, -0.25) is 0 Å². The molecule has 0 N–H and O–H groups in total. The molecule has 0 aromatic carbocycles. The van der Waals surface area contributed by atoms with Crippen LogP contribution in [0, 0.1) is 0 Å². The minimum Gasteiger partial charge on any atom is -0.0854 e. The van der Waals surface area contributed by atoms with Gasteiger partial charge in [-0.25, -0.2) is 0 Å². The first-order valence-corrected chi connectivity index (χ1v) is 7.23. The van der Waals surface area contributed by atoms with Gasteiger partial charge in [0, 0.05) is 5.75 Å². The van der Waals surface area contributed by atoms with Crippen LogP contribution in [-0.4, -0.2) is 5.75 Å². The monoisotopic (exact) mass is 204 g/mol. The summed E-state index contributed by atoms with van der Waals surface area (Å²) in [5, 5.41) is 2.12. The largest absolute Gasteiger partial charge is 0.0854 e. The first-order valence-electron chi connectivity index (χ1n) is 4.85. The molecule has 0 unspecified atom stereocenters. The van der Waals surface area contributed by atoms with E-state index in [4.69, 9.17) is 0 Å². The Labute approximate surface area is 85.0 Å². The predicted octanol–water partition coefficient (Wildman–Crippen LogP) is 4.87. The van der Waals surface area contributed by atoms with Crippen molar-refractivity contribution in [1.29, 1.82) is 0 Å². The second-order valence-corrected chi connectivity index (χ2v) is 5.13. The number of hydrogen-bond acceptors (Lipinski definition) is 2. The van der Waals surface area contributed by atoms with Gasteiger partial charge in [0.15, 0.2) is 0 Å². The molecule has 0 bridgehead atoms. The molecule has 0 spiro atoms. The van der Waals surface area contributed by atoms with Crippen molar-refractivity contribution < 1.29 is 0 Å². The second kappa shape index (κ2) is 11.4. The molecule has 0 radical (unpaired) electrons. The molecule has 72 valence electrons. The molecule has 0 saturated heterocycles. The molecule has 1 rings (SSSR count). The van der Waals surface area contributed by atoms with Gasteiger partial charge in [0.05, 0.1) is 0 Å². The van der Waals surface area contributed by atoms with Crippen molar-refractivity contribution in [2.45, 2.75) is 46.0 Å². The molecule has 1 aliphatic heterocycles. The van der Waals surface area contributed by atoms with Crippen molar-refractivity contribution >= 4 is 21.6 Å². The zero-order valence-corrected chi connectivity index (χ0v) is 9.85. The lowest BCUT2D eigenvalue weighted by Crippen LogP contribution is -1.70. The van der Waals surface area contributed by atoms with Gasteiger partial charge in [0.2, 0.25) is 0 Å². The Bertz CT molecular complexity index is 90.0. The zero-order chi connectivity index (χ0) is 9.07. The Morgan fingerprint density at radius 2 is 1.75 bits per heavy atom. The van der Waals surface area contributed by atoms with Crippen LogP contribution in [0.2, 0.25) is 0 Å². The average Bonchev–Trinajstić information content (AvgIpc) is 2.62. The molecular formula is C10H20S2. The zero-order valence-electron chi connectivity index (χ0n) is 8.21. The van der Waals surface area contributed by atoms with E-state index in [0.717, 1.165) is 0 Å². The first kappa shape index (κ1) is 12.4. The molecule has 0 atom stereocenters. The minimum absolute atomic E-state index is 1.20. The van der Waals surface area contributed by atoms with Crippen LogP contribution in [0.25, 0.3) is 0 Å². The molecule has 1 aliphatic rings. The van der Waals surface area contributed by atoms with Crippen LogP contribution in [-0.2, 0) is 0 Å². The standard InChI is InChI=1S/C7H16.C3H4S2/c1-3-5-7-6-4-2;1-2-4-5-3-1/h3-7H2,1-2H3;1-2H,3H2. The van der Waals surface area contributed by atoms with Gasteiger partial charge in [-0.05, 0) is 5.41 Å². The summed E-state index contributed by atoms with van der Waals surface area (Å²) < 4.78 is 0. The Hall–Kier alpha value is 0.440. The maximum atomic E-state index is 2.25. The molecule has 12 heavy (non-hydrogen) atoms. The third-order valence-electron chi connectivity index (χ3n) is 1.59. The number of hydrogen-bond donors (Lipinski definition) is 0. The van der Waals surface area contributed by atoms with E-state index in [1.165, 1.54) is 37.9 Å². The highest BCUT2D eigenvalue weighted by molar-refractivity contribution is 8.78. The molecule has 0 amide bonds. The quantitative estimate of drug-likeness (QED) is 0.473. The highest BCUT2D eigenvalue weighted by Crippen LogP contribution is 2.27. The average molecular weight is 204 g/mol. The van der Waals surface area contributed by atoms with Crippen LogP contribution in [0.5, 0.6) is 0 Å². The summed E-state index contributed by atoms with van der Waals surface area (Å²) in [6.07, 6.45) is 9.17. The highest BCUT2D eigenvalue weighted by atomic mass is 33.1. The fourth-order valence-corrected chi connectivity index (χ4v) is 2.44. The highest BCUT2D eigenvalue weighted by Gasteiger charge is 1.86. The van der Waals surface area contributed by atoms with Crippen LogP contribution in [0.15, 0.2) is 11.5 Å². The lowest BCUT2D eigenvalue weighted by molar-refractivity contribution is 0.656. The van der Waals surface area contributed by atoms with E-state index in [1.54, 1.807) is 0 Å². The summed E-state index contributed by atoms with van der Waals surface area (Å²) in [6.45, 7) is 4.49. The molecule has 2 heteroatoms. The molecule has 0 nitrogen and oxygen atoms in total. The maximum absolute atomic E-state index is 2.25. The van der Waals surface area contributed by atoms with E-state index in [1.807, 2.05) is 21.6 Å². The lowest BCUT2D eigenvalue weighted by Gasteiger charge is -1.90. The molecular weight excluding hydrogens is 184 g/mol. The third-order valence-corrected chi connectivity index (χ3v) is 3.51. The fourth-order valence-electron chi connectivity index (χ4n) is 0.873. The summed E-state index contributed by atoms with van der Waals surface area (Å²) in [4.78, 5) is 0. The smallest absolute Gasteiger partial charge is 0.0229 e. The summed E-state index contributed by atoms with van der Waals surface area (Å²) in [5.74, 6) is 1.20. The summed E-state index contributed by atoms with van der Waals surface area (Å²) in [7, 11) is 3.69. The van der Waals surface area contributed by atoms with Gasteiger partial charge in [-0.1, -0.05) is 73.6 Å². The second-order valence-electron chi connectivity index (χ2n) is 2.81. The van der Waals surface area contributed by atoms with Gasteiger partial charge >= 0.3 is 0 Å². The summed E-state index contributed by atoms with van der Waals surface area (Å²) >= 11 is 0. The van der Waals surface area contributed by atoms with E-state index in [9.17, 15) is 0 Å². The Morgan fingerprint density at radius 3 is 2.00 bits per heavy atom.